The predicted octanol–water partition coefficient (Wildman–Crippen LogP) is 1.87. The maximum Gasteiger partial charge on any atom is 0.274 e. The number of rotatable bonds is 7. The number of pyridine rings is 1. The minimum absolute atomic E-state index is 0.0225. The Labute approximate surface area is 182 Å². The van der Waals surface area contributed by atoms with E-state index >= 15 is 0 Å². The van der Waals surface area contributed by atoms with E-state index in [0.717, 1.165) is 6.42 Å². The maximum absolute atomic E-state index is 13.3. The Kier molecular flexibility index (Phi) is 5.04. The third kappa shape index (κ3) is 3.58. The van der Waals surface area contributed by atoms with Gasteiger partial charge in [-0.15, -0.1) is 0 Å². The maximum atomic E-state index is 13.3. The van der Waals surface area contributed by atoms with E-state index in [0.29, 0.717) is 41.4 Å². The number of fused-ring (bicyclic) bond motifs is 1. The molecule has 2 aliphatic rings. The van der Waals surface area contributed by atoms with Crippen molar-refractivity contribution >= 4 is 28.9 Å². The van der Waals surface area contributed by atoms with E-state index in [1.165, 1.54) is 10.7 Å². The Morgan fingerprint density at radius 2 is 2.12 bits per heavy atom. The van der Waals surface area contributed by atoms with Gasteiger partial charge in [0.15, 0.2) is 5.65 Å². The average Bonchev–Trinajstić information content (AvgIpc) is 3.37. The summed E-state index contributed by atoms with van der Waals surface area (Å²) in [6.07, 6.45) is 3.77. The summed E-state index contributed by atoms with van der Waals surface area (Å²) >= 11 is 0. The number of ether oxygens (including phenoxy) is 1. The van der Waals surface area contributed by atoms with Crippen LogP contribution in [-0.4, -0.2) is 57.5 Å². The summed E-state index contributed by atoms with van der Waals surface area (Å²) in [7, 11) is 3.34. The first-order chi connectivity index (χ1) is 15.5. The van der Waals surface area contributed by atoms with Crippen molar-refractivity contribution in [2.24, 2.45) is 0 Å². The Hall–Kier alpha value is -3.47. The number of alkyl halides is 1. The van der Waals surface area contributed by atoms with Crippen molar-refractivity contribution in [3.8, 4) is 0 Å². The van der Waals surface area contributed by atoms with Gasteiger partial charge in [0.05, 0.1) is 18.3 Å². The molecule has 3 N–H and O–H groups in total. The van der Waals surface area contributed by atoms with Gasteiger partial charge in [-0.1, -0.05) is 0 Å². The lowest BCUT2D eigenvalue weighted by atomic mass is 9.90. The molecule has 11 heteroatoms. The van der Waals surface area contributed by atoms with Crippen LogP contribution in [-0.2, 0) is 4.74 Å². The molecule has 2 aliphatic carbocycles. The molecule has 2 fully saturated rings. The van der Waals surface area contributed by atoms with Gasteiger partial charge in [-0.05, 0) is 31.4 Å². The zero-order valence-corrected chi connectivity index (χ0v) is 17.7. The fourth-order valence-electron chi connectivity index (χ4n) is 3.97. The zero-order chi connectivity index (χ0) is 22.4. The molecule has 0 bridgehead atoms. The molecule has 0 aromatic carbocycles. The number of amides is 1. The Morgan fingerprint density at radius 1 is 1.31 bits per heavy atom. The van der Waals surface area contributed by atoms with Crippen LogP contribution in [0.3, 0.4) is 0 Å². The van der Waals surface area contributed by atoms with Crippen LogP contribution in [0.1, 0.15) is 35.7 Å². The van der Waals surface area contributed by atoms with Crippen molar-refractivity contribution in [1.29, 1.82) is 0 Å². The van der Waals surface area contributed by atoms with Gasteiger partial charge in [0.2, 0.25) is 0 Å². The molecule has 0 unspecified atom stereocenters. The number of hydrogen-bond acceptors (Lipinski definition) is 7. The standard InChI is InChI=1S/C21H24FN7O3/c1-23-18-9-17(25-14-4-3-5-28(21(14)31)12-6-11(22)7-12)27-19-13(10-24-29(18)19)20(30)26-15-8-16(15)32-2/h3-5,9-12,15-16,23H,6-8H2,1-2H3,(H,25,27)(H,26,30)/t11?,12?,15-,16-/m1/s1. The third-order valence-electron chi connectivity index (χ3n) is 6.01. The second-order valence-electron chi connectivity index (χ2n) is 8.14. The van der Waals surface area contributed by atoms with E-state index in [9.17, 15) is 14.0 Å². The molecule has 0 spiro atoms. The number of anilines is 3. The third-order valence-corrected chi connectivity index (χ3v) is 6.01. The van der Waals surface area contributed by atoms with Crippen molar-refractivity contribution < 1.29 is 13.9 Å². The molecule has 0 saturated heterocycles. The summed E-state index contributed by atoms with van der Waals surface area (Å²) < 4.78 is 21.6. The number of nitrogens with zero attached hydrogens (tertiary/aromatic N) is 4. The van der Waals surface area contributed by atoms with E-state index in [1.54, 1.807) is 43.1 Å². The Bertz CT molecular complexity index is 1230. The normalized spacial score (nSPS) is 24.1. The van der Waals surface area contributed by atoms with Crippen LogP contribution in [0, 0.1) is 0 Å². The lowest BCUT2D eigenvalue weighted by Crippen LogP contribution is -2.35. The number of hydrogen-bond donors (Lipinski definition) is 3. The largest absolute Gasteiger partial charge is 0.379 e. The highest BCUT2D eigenvalue weighted by molar-refractivity contribution is 6.00. The molecule has 10 nitrogen and oxygen atoms in total. The summed E-state index contributed by atoms with van der Waals surface area (Å²) in [5.74, 6) is 0.682. The van der Waals surface area contributed by atoms with Gasteiger partial charge in [0.25, 0.3) is 11.5 Å². The van der Waals surface area contributed by atoms with Gasteiger partial charge in [0.1, 0.15) is 29.1 Å². The monoisotopic (exact) mass is 441 g/mol. The van der Waals surface area contributed by atoms with Crippen LogP contribution in [0.15, 0.2) is 35.4 Å². The van der Waals surface area contributed by atoms with Gasteiger partial charge in [-0.2, -0.15) is 9.61 Å². The topological polar surface area (TPSA) is 115 Å². The lowest BCUT2D eigenvalue weighted by Gasteiger charge is -2.31. The van der Waals surface area contributed by atoms with Gasteiger partial charge in [-0.25, -0.2) is 9.37 Å². The number of carbonyl (C=O) groups excluding carboxylic acids is 1. The molecule has 0 radical (unpaired) electrons. The zero-order valence-electron chi connectivity index (χ0n) is 17.7. The molecule has 168 valence electrons. The fraction of sp³-hybridized carbons (Fsp3) is 0.429. The first-order valence-corrected chi connectivity index (χ1v) is 10.5. The smallest absolute Gasteiger partial charge is 0.274 e. The minimum atomic E-state index is -0.855. The van der Waals surface area contributed by atoms with E-state index in [2.05, 4.69) is 26.0 Å². The fourth-order valence-corrected chi connectivity index (χ4v) is 3.97. The van der Waals surface area contributed by atoms with E-state index in [-0.39, 0.29) is 29.7 Å². The Balaban J connectivity index is 1.45. The van der Waals surface area contributed by atoms with Crippen molar-refractivity contribution in [3.63, 3.8) is 0 Å². The quantitative estimate of drug-likeness (QED) is 0.513. The van der Waals surface area contributed by atoms with Crippen molar-refractivity contribution in [3.05, 3.63) is 46.5 Å². The number of nitrogens with one attached hydrogen (secondary N) is 3. The van der Waals surface area contributed by atoms with Gasteiger partial charge in [-0.3, -0.25) is 9.59 Å². The highest BCUT2D eigenvalue weighted by Crippen LogP contribution is 2.33. The first kappa shape index (κ1) is 20.4. The van der Waals surface area contributed by atoms with E-state index in [4.69, 9.17) is 4.74 Å². The summed E-state index contributed by atoms with van der Waals surface area (Å²) in [4.78, 5) is 30.2. The van der Waals surface area contributed by atoms with Gasteiger partial charge in [0, 0.05) is 32.5 Å². The second kappa shape index (κ2) is 7.90. The average molecular weight is 441 g/mol. The molecule has 32 heavy (non-hydrogen) atoms. The van der Waals surface area contributed by atoms with Gasteiger partial charge < -0.3 is 25.3 Å². The SMILES string of the molecule is CNc1cc(Nc2cccn(C3CC(F)C3)c2=O)nc2c(C(=O)N[C@@H]3C[C@H]3OC)cnn12. The van der Waals surface area contributed by atoms with Crippen LogP contribution < -0.4 is 21.5 Å². The molecule has 0 aliphatic heterocycles. The molecular formula is C21H24FN7O3. The number of halogens is 1. The summed E-state index contributed by atoms with van der Waals surface area (Å²) in [6, 6.07) is 4.93. The highest BCUT2D eigenvalue weighted by atomic mass is 19.1. The molecule has 5 rings (SSSR count). The molecule has 2 saturated carbocycles. The molecule has 1 amide bonds. The molecule has 3 aromatic heterocycles. The summed E-state index contributed by atoms with van der Waals surface area (Å²) in [5, 5.41) is 13.3. The van der Waals surface area contributed by atoms with Crippen molar-refractivity contribution in [2.75, 3.05) is 24.8 Å². The summed E-state index contributed by atoms with van der Waals surface area (Å²) in [6.45, 7) is 0. The van der Waals surface area contributed by atoms with Crippen LogP contribution in [0.2, 0.25) is 0 Å². The second-order valence-corrected chi connectivity index (χ2v) is 8.14. The molecule has 3 heterocycles. The Morgan fingerprint density at radius 3 is 2.81 bits per heavy atom. The highest BCUT2D eigenvalue weighted by Gasteiger charge is 2.39. The number of carbonyl (C=O) groups is 1. The molecule has 2 atom stereocenters. The van der Waals surface area contributed by atoms with Crippen LogP contribution >= 0.6 is 0 Å². The number of methoxy groups -OCH3 is 1. The first-order valence-electron chi connectivity index (χ1n) is 10.5. The van der Waals surface area contributed by atoms with Crippen LogP contribution in [0.25, 0.3) is 5.65 Å². The molecule has 3 aromatic rings. The number of aromatic nitrogens is 4. The van der Waals surface area contributed by atoms with E-state index < -0.39 is 6.17 Å². The van der Waals surface area contributed by atoms with E-state index in [1.807, 2.05) is 0 Å². The molecular weight excluding hydrogens is 417 g/mol. The van der Waals surface area contributed by atoms with Crippen LogP contribution in [0.4, 0.5) is 21.7 Å². The van der Waals surface area contributed by atoms with Gasteiger partial charge >= 0.3 is 0 Å². The van der Waals surface area contributed by atoms with Crippen molar-refractivity contribution in [1.82, 2.24) is 24.5 Å². The predicted molar refractivity (Wildman–Crippen MR) is 116 cm³/mol. The van der Waals surface area contributed by atoms with Crippen LogP contribution in [0.5, 0.6) is 0 Å². The lowest BCUT2D eigenvalue weighted by molar-refractivity contribution is 0.0936. The van der Waals surface area contributed by atoms with Crippen molar-refractivity contribution in [2.45, 2.75) is 43.6 Å². The summed E-state index contributed by atoms with van der Waals surface area (Å²) in [5.41, 5.74) is 0.742. The minimum Gasteiger partial charge on any atom is -0.379 e.